The molecule has 2 amide bonds. The molecular formula is C17H24N4O3. The van der Waals surface area contributed by atoms with Crippen LogP contribution in [0.15, 0.2) is 12.4 Å². The van der Waals surface area contributed by atoms with E-state index in [1.807, 2.05) is 11.8 Å². The minimum atomic E-state index is -0.431. The quantitative estimate of drug-likeness (QED) is 0.818. The molecule has 7 nitrogen and oxygen atoms in total. The third-order valence-electron chi connectivity index (χ3n) is 5.03. The Labute approximate surface area is 142 Å². The van der Waals surface area contributed by atoms with Gasteiger partial charge >= 0.3 is 0 Å². The number of amides is 2. The first-order valence-corrected chi connectivity index (χ1v) is 8.42. The van der Waals surface area contributed by atoms with Crippen molar-refractivity contribution in [1.29, 1.82) is 0 Å². The third-order valence-corrected chi connectivity index (χ3v) is 5.03. The lowest BCUT2D eigenvalue weighted by Gasteiger charge is -2.38. The summed E-state index contributed by atoms with van der Waals surface area (Å²) in [6.07, 6.45) is 5.60. The Morgan fingerprint density at radius 1 is 1.29 bits per heavy atom. The van der Waals surface area contributed by atoms with Crippen LogP contribution in [0.1, 0.15) is 35.4 Å². The number of likely N-dealkylation sites (tertiary alicyclic amines) is 2. The standard InChI is InChI=1S/C17H24N4O3/c1-13-10-19-14(11-18-13)15(22)21-6-3-4-17(12-21)5-7-20(16(17)23)8-9-24-2/h10-11H,3-9,12H2,1-2H3/t17-/m1/s1. The molecule has 2 fully saturated rings. The third kappa shape index (κ3) is 3.13. The monoisotopic (exact) mass is 332 g/mol. The zero-order valence-corrected chi connectivity index (χ0v) is 14.3. The fraction of sp³-hybridized carbons (Fsp3) is 0.647. The van der Waals surface area contributed by atoms with Crippen molar-refractivity contribution >= 4 is 11.8 Å². The number of hydrogen-bond acceptors (Lipinski definition) is 5. The molecule has 0 aliphatic carbocycles. The number of carbonyl (C=O) groups excluding carboxylic acids is 2. The van der Waals surface area contributed by atoms with Crippen molar-refractivity contribution in [3.05, 3.63) is 23.8 Å². The molecule has 3 heterocycles. The topological polar surface area (TPSA) is 75.6 Å². The lowest BCUT2D eigenvalue weighted by molar-refractivity contribution is -0.138. The van der Waals surface area contributed by atoms with E-state index in [0.29, 0.717) is 31.9 Å². The number of hydrogen-bond donors (Lipinski definition) is 0. The van der Waals surface area contributed by atoms with Crippen molar-refractivity contribution in [2.45, 2.75) is 26.2 Å². The molecule has 130 valence electrons. The maximum absolute atomic E-state index is 12.8. The van der Waals surface area contributed by atoms with Crippen LogP contribution in [0.25, 0.3) is 0 Å². The minimum absolute atomic E-state index is 0.135. The van der Waals surface area contributed by atoms with Crippen LogP contribution < -0.4 is 0 Å². The van der Waals surface area contributed by atoms with Crippen LogP contribution in [0.3, 0.4) is 0 Å². The summed E-state index contributed by atoms with van der Waals surface area (Å²) in [5.41, 5.74) is 0.695. The van der Waals surface area contributed by atoms with Crippen LogP contribution in [0, 0.1) is 12.3 Å². The predicted octanol–water partition coefficient (Wildman–Crippen LogP) is 0.886. The highest BCUT2D eigenvalue weighted by Gasteiger charge is 2.49. The van der Waals surface area contributed by atoms with Crippen LogP contribution in [-0.2, 0) is 9.53 Å². The number of aromatic nitrogens is 2. The van der Waals surface area contributed by atoms with Crippen molar-refractivity contribution < 1.29 is 14.3 Å². The zero-order valence-electron chi connectivity index (χ0n) is 14.3. The lowest BCUT2D eigenvalue weighted by Crippen LogP contribution is -2.50. The van der Waals surface area contributed by atoms with Gasteiger partial charge in [-0.2, -0.15) is 0 Å². The van der Waals surface area contributed by atoms with Crippen molar-refractivity contribution in [3.63, 3.8) is 0 Å². The molecular weight excluding hydrogens is 308 g/mol. The molecule has 2 aliphatic rings. The van der Waals surface area contributed by atoms with E-state index in [1.54, 1.807) is 18.2 Å². The molecule has 24 heavy (non-hydrogen) atoms. The van der Waals surface area contributed by atoms with E-state index in [9.17, 15) is 9.59 Å². The molecule has 1 aromatic rings. The maximum Gasteiger partial charge on any atom is 0.274 e. The number of nitrogens with zero attached hydrogens (tertiary/aromatic N) is 4. The second-order valence-corrected chi connectivity index (χ2v) is 6.69. The fourth-order valence-electron chi connectivity index (χ4n) is 3.66. The Hall–Kier alpha value is -2.02. The van der Waals surface area contributed by atoms with Gasteiger partial charge in [0.05, 0.1) is 23.9 Å². The summed E-state index contributed by atoms with van der Waals surface area (Å²) in [4.78, 5) is 37.5. The molecule has 0 N–H and O–H groups in total. The Morgan fingerprint density at radius 2 is 2.12 bits per heavy atom. The summed E-state index contributed by atoms with van der Waals surface area (Å²) >= 11 is 0. The number of carbonyl (C=O) groups is 2. The predicted molar refractivity (Wildman–Crippen MR) is 87.4 cm³/mol. The smallest absolute Gasteiger partial charge is 0.274 e. The highest BCUT2D eigenvalue weighted by Crippen LogP contribution is 2.40. The Morgan fingerprint density at radius 3 is 2.83 bits per heavy atom. The number of rotatable bonds is 4. The zero-order chi connectivity index (χ0) is 17.2. The Bertz CT molecular complexity index is 619. The van der Waals surface area contributed by atoms with Gasteiger partial charge in [0.25, 0.3) is 5.91 Å². The number of methoxy groups -OCH3 is 1. The van der Waals surface area contributed by atoms with Gasteiger partial charge in [-0.1, -0.05) is 0 Å². The minimum Gasteiger partial charge on any atom is -0.383 e. The Balaban J connectivity index is 1.71. The molecule has 0 aromatic carbocycles. The van der Waals surface area contributed by atoms with Crippen molar-refractivity contribution in [3.8, 4) is 0 Å². The van der Waals surface area contributed by atoms with E-state index < -0.39 is 5.41 Å². The average Bonchev–Trinajstić information content (AvgIpc) is 2.89. The molecule has 7 heteroatoms. The van der Waals surface area contributed by atoms with Gasteiger partial charge in [-0.3, -0.25) is 14.6 Å². The van der Waals surface area contributed by atoms with Crippen LogP contribution in [0.2, 0.25) is 0 Å². The average molecular weight is 332 g/mol. The summed E-state index contributed by atoms with van der Waals surface area (Å²) in [5.74, 6) is 0.0248. The van der Waals surface area contributed by atoms with Gasteiger partial charge in [-0.15, -0.1) is 0 Å². The van der Waals surface area contributed by atoms with E-state index in [-0.39, 0.29) is 11.8 Å². The maximum atomic E-state index is 12.8. The second-order valence-electron chi connectivity index (χ2n) is 6.69. The molecule has 1 spiro atoms. The second kappa shape index (κ2) is 6.84. The molecule has 1 aromatic heterocycles. The van der Waals surface area contributed by atoms with E-state index in [2.05, 4.69) is 9.97 Å². The summed E-state index contributed by atoms with van der Waals surface area (Å²) in [6, 6.07) is 0. The van der Waals surface area contributed by atoms with E-state index in [0.717, 1.165) is 31.5 Å². The van der Waals surface area contributed by atoms with Gasteiger partial charge in [0, 0.05) is 39.5 Å². The molecule has 0 bridgehead atoms. The van der Waals surface area contributed by atoms with Crippen LogP contribution in [-0.4, -0.2) is 71.5 Å². The van der Waals surface area contributed by atoms with Gasteiger partial charge in [0.2, 0.25) is 5.91 Å². The Kier molecular flexibility index (Phi) is 4.80. The summed E-state index contributed by atoms with van der Waals surface area (Å²) in [5, 5.41) is 0. The van der Waals surface area contributed by atoms with Crippen molar-refractivity contribution in [2.24, 2.45) is 5.41 Å². The number of aryl methyl sites for hydroxylation is 1. The van der Waals surface area contributed by atoms with E-state index in [4.69, 9.17) is 4.74 Å². The van der Waals surface area contributed by atoms with Gasteiger partial charge in [-0.05, 0) is 26.2 Å². The van der Waals surface area contributed by atoms with Crippen molar-refractivity contribution in [2.75, 3.05) is 39.9 Å². The molecule has 0 unspecified atom stereocenters. The van der Waals surface area contributed by atoms with E-state index in [1.165, 1.54) is 6.20 Å². The number of ether oxygens (including phenoxy) is 1. The van der Waals surface area contributed by atoms with Crippen LogP contribution in [0.5, 0.6) is 0 Å². The lowest BCUT2D eigenvalue weighted by atomic mass is 9.78. The first-order valence-electron chi connectivity index (χ1n) is 8.42. The molecule has 0 radical (unpaired) electrons. The highest BCUT2D eigenvalue weighted by atomic mass is 16.5. The molecule has 0 saturated carbocycles. The summed E-state index contributed by atoms with van der Waals surface area (Å²) in [6.45, 7) is 4.89. The fourth-order valence-corrected chi connectivity index (χ4v) is 3.66. The summed E-state index contributed by atoms with van der Waals surface area (Å²) < 4.78 is 5.08. The first-order chi connectivity index (χ1) is 11.6. The van der Waals surface area contributed by atoms with Crippen LogP contribution >= 0.6 is 0 Å². The van der Waals surface area contributed by atoms with Gasteiger partial charge in [0.1, 0.15) is 5.69 Å². The number of piperidine rings is 1. The molecule has 3 rings (SSSR count). The van der Waals surface area contributed by atoms with Gasteiger partial charge in [0.15, 0.2) is 0 Å². The molecule has 2 aliphatic heterocycles. The normalized spacial score (nSPS) is 24.0. The van der Waals surface area contributed by atoms with Gasteiger partial charge < -0.3 is 14.5 Å². The largest absolute Gasteiger partial charge is 0.383 e. The summed E-state index contributed by atoms with van der Waals surface area (Å²) in [7, 11) is 1.64. The molecule has 1 atom stereocenters. The first kappa shape index (κ1) is 16.8. The molecule has 2 saturated heterocycles. The SMILES string of the molecule is COCCN1CC[C@@]2(CCCN(C(=O)c3cnc(C)cn3)C2)C1=O. The van der Waals surface area contributed by atoms with Crippen molar-refractivity contribution in [1.82, 2.24) is 19.8 Å². The van der Waals surface area contributed by atoms with E-state index >= 15 is 0 Å². The van der Waals surface area contributed by atoms with Gasteiger partial charge in [-0.25, -0.2) is 4.98 Å². The highest BCUT2D eigenvalue weighted by molar-refractivity contribution is 5.93. The van der Waals surface area contributed by atoms with Crippen LogP contribution in [0.4, 0.5) is 0 Å².